The normalized spacial score (nSPS) is 16.5. The second-order valence-electron chi connectivity index (χ2n) is 5.19. The van der Waals surface area contributed by atoms with Crippen molar-refractivity contribution in [2.45, 2.75) is 44.4 Å². The van der Waals surface area contributed by atoms with Crippen LogP contribution in [0.25, 0.3) is 0 Å². The van der Waals surface area contributed by atoms with Crippen molar-refractivity contribution in [2.75, 3.05) is 4.90 Å². The lowest BCUT2D eigenvalue weighted by atomic mass is 10.1. The van der Waals surface area contributed by atoms with Crippen molar-refractivity contribution < 1.29 is 31.9 Å². The van der Waals surface area contributed by atoms with Gasteiger partial charge in [0.25, 0.3) is 0 Å². The average molecular weight is 323 g/mol. The number of hydrogen-bond acceptors (Lipinski definition) is 2. The summed E-state index contributed by atoms with van der Waals surface area (Å²) >= 11 is 0. The minimum Gasteiger partial charge on any atom is -0.477 e. The summed E-state index contributed by atoms with van der Waals surface area (Å²) in [7, 11) is 0. The molecule has 8 heteroatoms. The van der Waals surface area contributed by atoms with Gasteiger partial charge in [-0.2, -0.15) is 13.2 Å². The zero-order valence-electron chi connectivity index (χ0n) is 11.6. The molecule has 1 aromatic carbocycles. The Bertz CT molecular complexity index is 560. The number of rotatable bonds is 5. The van der Waals surface area contributed by atoms with E-state index in [0.717, 1.165) is 4.90 Å². The van der Waals surface area contributed by atoms with Crippen molar-refractivity contribution in [1.82, 2.24) is 0 Å². The van der Waals surface area contributed by atoms with E-state index >= 15 is 0 Å². The Labute approximate surface area is 123 Å². The molecule has 1 aromatic rings. The van der Waals surface area contributed by atoms with Crippen molar-refractivity contribution >= 4 is 11.7 Å². The number of anilines is 1. The van der Waals surface area contributed by atoms with Crippen LogP contribution in [0.4, 0.5) is 27.6 Å². The van der Waals surface area contributed by atoms with Crippen LogP contribution in [0.15, 0.2) is 12.1 Å². The number of hydrogen-bond donors (Lipinski definition) is 1. The van der Waals surface area contributed by atoms with Gasteiger partial charge in [-0.15, -0.1) is 0 Å². The standard InChI is InChI=1S/C14H14F5NO2/c1-2-11(14(17,18)19)20(7-3-4-7)8-5-9(15)12(13(21)22)10(16)6-8/h5-7,11H,2-4H2,1H3,(H,21,22). The number of nitrogens with zero attached hydrogens (tertiary/aromatic N) is 1. The molecule has 0 spiro atoms. The molecule has 1 N–H and O–H groups in total. The van der Waals surface area contributed by atoms with Crippen LogP contribution in [0.3, 0.4) is 0 Å². The highest BCUT2D eigenvalue weighted by Gasteiger charge is 2.47. The fourth-order valence-electron chi connectivity index (χ4n) is 2.50. The van der Waals surface area contributed by atoms with Gasteiger partial charge in [0.15, 0.2) is 0 Å². The lowest BCUT2D eigenvalue weighted by Crippen LogP contribution is -2.47. The maximum Gasteiger partial charge on any atom is 0.408 e. The molecular formula is C14H14F5NO2. The third-order valence-corrected chi connectivity index (χ3v) is 3.58. The van der Waals surface area contributed by atoms with Crippen LogP contribution < -0.4 is 4.90 Å². The fraction of sp³-hybridized carbons (Fsp3) is 0.500. The van der Waals surface area contributed by atoms with Crippen LogP contribution in [0, 0.1) is 11.6 Å². The van der Waals surface area contributed by atoms with Crippen LogP contribution in [-0.2, 0) is 0 Å². The van der Waals surface area contributed by atoms with Gasteiger partial charge in [0.1, 0.15) is 23.2 Å². The van der Waals surface area contributed by atoms with Gasteiger partial charge in [0.05, 0.1) is 0 Å². The molecule has 0 aromatic heterocycles. The van der Waals surface area contributed by atoms with Gasteiger partial charge in [0.2, 0.25) is 0 Å². The van der Waals surface area contributed by atoms with Crippen molar-refractivity contribution in [1.29, 1.82) is 0 Å². The van der Waals surface area contributed by atoms with E-state index in [1.54, 1.807) is 0 Å². The number of halogens is 5. The van der Waals surface area contributed by atoms with Crippen LogP contribution in [0.2, 0.25) is 0 Å². The summed E-state index contributed by atoms with van der Waals surface area (Å²) in [5.74, 6) is -4.57. The Kier molecular flexibility index (Phi) is 4.30. The van der Waals surface area contributed by atoms with Gasteiger partial charge >= 0.3 is 12.1 Å². The minimum atomic E-state index is -4.55. The van der Waals surface area contributed by atoms with E-state index in [1.165, 1.54) is 6.92 Å². The Morgan fingerprint density at radius 1 is 1.32 bits per heavy atom. The molecule has 0 radical (unpaired) electrons. The van der Waals surface area contributed by atoms with E-state index < -0.39 is 41.4 Å². The molecule has 1 saturated carbocycles. The molecule has 3 nitrogen and oxygen atoms in total. The van der Waals surface area contributed by atoms with Crippen LogP contribution in [0.1, 0.15) is 36.5 Å². The molecule has 1 unspecified atom stereocenters. The fourth-order valence-corrected chi connectivity index (χ4v) is 2.50. The molecule has 0 bridgehead atoms. The monoisotopic (exact) mass is 323 g/mol. The summed E-state index contributed by atoms with van der Waals surface area (Å²) in [6, 6.07) is -1.01. The lowest BCUT2D eigenvalue weighted by Gasteiger charge is -2.34. The van der Waals surface area contributed by atoms with Gasteiger partial charge in [-0.1, -0.05) is 6.92 Å². The Morgan fingerprint density at radius 2 is 1.82 bits per heavy atom. The van der Waals surface area contributed by atoms with Gasteiger partial charge in [-0.05, 0) is 31.4 Å². The molecule has 1 atom stereocenters. The predicted octanol–water partition coefficient (Wildman–Crippen LogP) is 3.97. The highest BCUT2D eigenvalue weighted by atomic mass is 19.4. The van der Waals surface area contributed by atoms with E-state index in [0.29, 0.717) is 25.0 Å². The molecule has 122 valence electrons. The molecule has 0 saturated heterocycles. The SMILES string of the molecule is CCC(N(c1cc(F)c(C(=O)O)c(F)c1)C1CC1)C(F)(F)F. The molecular weight excluding hydrogens is 309 g/mol. The zero-order valence-corrected chi connectivity index (χ0v) is 11.6. The maximum absolute atomic E-state index is 13.7. The van der Waals surface area contributed by atoms with E-state index in [2.05, 4.69) is 0 Å². The Balaban J connectivity index is 2.48. The Hall–Kier alpha value is -1.86. The van der Waals surface area contributed by atoms with E-state index in [4.69, 9.17) is 5.11 Å². The lowest BCUT2D eigenvalue weighted by molar-refractivity contribution is -0.149. The number of carbonyl (C=O) groups is 1. The van der Waals surface area contributed by atoms with Crippen LogP contribution in [0.5, 0.6) is 0 Å². The van der Waals surface area contributed by atoms with Crippen LogP contribution >= 0.6 is 0 Å². The van der Waals surface area contributed by atoms with Crippen molar-refractivity contribution in [3.63, 3.8) is 0 Å². The van der Waals surface area contributed by atoms with Crippen LogP contribution in [-0.4, -0.2) is 29.3 Å². The summed E-state index contributed by atoms with van der Waals surface area (Å²) in [6.45, 7) is 1.34. The third-order valence-electron chi connectivity index (χ3n) is 3.58. The quantitative estimate of drug-likeness (QED) is 0.834. The largest absolute Gasteiger partial charge is 0.477 e. The summed E-state index contributed by atoms with van der Waals surface area (Å²) in [5, 5.41) is 8.71. The number of carboxylic acids is 1. The zero-order chi connectivity index (χ0) is 16.7. The highest BCUT2D eigenvalue weighted by Crippen LogP contribution is 2.40. The smallest absolute Gasteiger partial charge is 0.408 e. The molecule has 0 heterocycles. The topological polar surface area (TPSA) is 40.5 Å². The van der Waals surface area contributed by atoms with E-state index in [9.17, 15) is 26.7 Å². The van der Waals surface area contributed by atoms with E-state index in [1.807, 2.05) is 0 Å². The maximum atomic E-state index is 13.7. The molecule has 0 amide bonds. The summed E-state index contributed by atoms with van der Waals surface area (Å²) in [5.41, 5.74) is -1.45. The van der Waals surface area contributed by atoms with E-state index in [-0.39, 0.29) is 12.1 Å². The van der Waals surface area contributed by atoms with Crippen molar-refractivity contribution in [3.05, 3.63) is 29.3 Å². The second kappa shape index (κ2) is 5.73. The molecule has 2 rings (SSSR count). The first-order valence-electron chi connectivity index (χ1n) is 6.74. The first kappa shape index (κ1) is 16.5. The van der Waals surface area contributed by atoms with Gasteiger partial charge in [-0.25, -0.2) is 13.6 Å². The highest BCUT2D eigenvalue weighted by molar-refractivity contribution is 5.88. The average Bonchev–Trinajstić information content (AvgIpc) is 3.16. The minimum absolute atomic E-state index is 0.274. The number of carboxylic acid groups (broad SMARTS) is 1. The molecule has 0 aliphatic heterocycles. The number of aromatic carboxylic acids is 1. The molecule has 1 aliphatic carbocycles. The number of benzene rings is 1. The van der Waals surface area contributed by atoms with Crippen molar-refractivity contribution in [3.8, 4) is 0 Å². The van der Waals surface area contributed by atoms with Gasteiger partial charge in [0, 0.05) is 11.7 Å². The first-order chi connectivity index (χ1) is 10.2. The first-order valence-corrected chi connectivity index (χ1v) is 6.74. The molecule has 1 fully saturated rings. The summed E-state index contributed by atoms with van der Waals surface area (Å²) in [4.78, 5) is 11.7. The predicted molar refractivity (Wildman–Crippen MR) is 69.0 cm³/mol. The van der Waals surface area contributed by atoms with Crippen molar-refractivity contribution in [2.24, 2.45) is 0 Å². The van der Waals surface area contributed by atoms with Gasteiger partial charge in [-0.3, -0.25) is 0 Å². The number of alkyl halides is 3. The second-order valence-corrected chi connectivity index (χ2v) is 5.19. The summed E-state index contributed by atoms with van der Waals surface area (Å²) in [6.07, 6.45) is -3.83. The summed E-state index contributed by atoms with van der Waals surface area (Å²) < 4.78 is 66.9. The third kappa shape index (κ3) is 3.15. The molecule has 22 heavy (non-hydrogen) atoms. The van der Waals surface area contributed by atoms with Gasteiger partial charge < -0.3 is 10.0 Å². The Morgan fingerprint density at radius 3 is 2.14 bits per heavy atom. The molecule has 1 aliphatic rings.